The number of halogens is 1. The van der Waals surface area contributed by atoms with Crippen molar-refractivity contribution in [1.29, 1.82) is 0 Å². The van der Waals surface area contributed by atoms with Gasteiger partial charge in [0.05, 0.1) is 0 Å². The van der Waals surface area contributed by atoms with Gasteiger partial charge in [0.15, 0.2) is 0 Å². The molecule has 1 N–H and O–H groups in total. The number of hydrogen-bond donors (Lipinski definition) is 1. The fraction of sp³-hybridized carbons (Fsp3) is 0.533. The predicted octanol–water partition coefficient (Wildman–Crippen LogP) is 3.84. The molecule has 1 aromatic rings. The number of rotatable bonds is 4. The zero-order chi connectivity index (χ0) is 14.0. The van der Waals surface area contributed by atoms with Crippen molar-refractivity contribution in [3.63, 3.8) is 0 Å². The van der Waals surface area contributed by atoms with Crippen LogP contribution < -0.4 is 0 Å². The van der Waals surface area contributed by atoms with Crippen LogP contribution in [0.3, 0.4) is 0 Å². The van der Waals surface area contributed by atoms with Gasteiger partial charge in [0.2, 0.25) is 0 Å². The molecule has 0 bridgehead atoms. The Morgan fingerprint density at radius 1 is 1.58 bits per heavy atom. The molecule has 0 radical (unpaired) electrons. The summed E-state index contributed by atoms with van der Waals surface area (Å²) < 4.78 is 1.04. The van der Waals surface area contributed by atoms with Gasteiger partial charge in [-0.05, 0) is 50.4 Å². The van der Waals surface area contributed by atoms with Gasteiger partial charge in [0.25, 0.3) is 0 Å². The molecule has 0 aliphatic carbocycles. The lowest BCUT2D eigenvalue weighted by molar-refractivity contribution is -0.150. The van der Waals surface area contributed by atoms with Crippen molar-refractivity contribution in [1.82, 2.24) is 4.90 Å². The van der Waals surface area contributed by atoms with Crippen LogP contribution in [0.4, 0.5) is 0 Å². The molecule has 0 saturated carbocycles. The summed E-state index contributed by atoms with van der Waals surface area (Å²) in [4.78, 5) is 13.8. The highest BCUT2D eigenvalue weighted by molar-refractivity contribution is 9.10. The van der Waals surface area contributed by atoms with Crippen LogP contribution in [0.25, 0.3) is 0 Å². The van der Waals surface area contributed by atoms with E-state index in [4.69, 9.17) is 0 Å². The summed E-state index contributed by atoms with van der Waals surface area (Å²) in [7, 11) is 0. The first-order chi connectivity index (χ1) is 8.99. The number of carboxylic acids is 1. The van der Waals surface area contributed by atoms with E-state index in [9.17, 15) is 9.90 Å². The van der Waals surface area contributed by atoms with E-state index in [1.54, 1.807) is 0 Å². The minimum atomic E-state index is -0.733. The van der Waals surface area contributed by atoms with Gasteiger partial charge in [0, 0.05) is 10.5 Å². The second kappa shape index (κ2) is 5.63. The molecule has 1 aliphatic rings. The smallest absolute Gasteiger partial charge is 0.323 e. The fourth-order valence-corrected chi connectivity index (χ4v) is 3.48. The Kier molecular flexibility index (Phi) is 4.31. The number of hydrogen-bond acceptors (Lipinski definition) is 2. The highest BCUT2D eigenvalue weighted by atomic mass is 79.9. The molecule has 0 amide bonds. The first-order valence-corrected chi connectivity index (χ1v) is 7.54. The third-order valence-electron chi connectivity index (χ3n) is 4.15. The SMILES string of the molecule is CCC(c1cccc(Br)c1)N1CCCC1(C)C(=O)O. The fourth-order valence-electron chi connectivity index (χ4n) is 3.06. The molecule has 0 spiro atoms. The third kappa shape index (κ3) is 2.70. The van der Waals surface area contributed by atoms with E-state index >= 15 is 0 Å². The number of nitrogens with zero attached hydrogens (tertiary/aromatic N) is 1. The maximum Gasteiger partial charge on any atom is 0.323 e. The van der Waals surface area contributed by atoms with Gasteiger partial charge in [0.1, 0.15) is 5.54 Å². The van der Waals surface area contributed by atoms with Crippen LogP contribution in [-0.2, 0) is 4.79 Å². The van der Waals surface area contributed by atoms with Gasteiger partial charge in [-0.15, -0.1) is 0 Å². The largest absolute Gasteiger partial charge is 0.480 e. The third-order valence-corrected chi connectivity index (χ3v) is 4.65. The molecule has 1 heterocycles. The monoisotopic (exact) mass is 325 g/mol. The average Bonchev–Trinajstić information content (AvgIpc) is 2.74. The molecule has 1 fully saturated rings. The summed E-state index contributed by atoms with van der Waals surface area (Å²) in [6.07, 6.45) is 2.60. The molecule has 2 atom stereocenters. The van der Waals surface area contributed by atoms with Crippen LogP contribution in [0.2, 0.25) is 0 Å². The molecule has 2 unspecified atom stereocenters. The summed E-state index contributed by atoms with van der Waals surface area (Å²) in [6.45, 7) is 4.82. The van der Waals surface area contributed by atoms with Gasteiger partial charge >= 0.3 is 5.97 Å². The number of benzene rings is 1. The Balaban J connectivity index is 2.34. The van der Waals surface area contributed by atoms with Crippen LogP contribution in [0.15, 0.2) is 28.7 Å². The molecule has 0 aromatic heterocycles. The van der Waals surface area contributed by atoms with Crippen molar-refractivity contribution < 1.29 is 9.90 Å². The first-order valence-electron chi connectivity index (χ1n) is 6.74. The van der Waals surface area contributed by atoms with E-state index in [2.05, 4.69) is 39.9 Å². The minimum Gasteiger partial charge on any atom is -0.480 e. The Morgan fingerprint density at radius 3 is 2.89 bits per heavy atom. The molecule has 19 heavy (non-hydrogen) atoms. The quantitative estimate of drug-likeness (QED) is 0.914. The molecule has 1 aromatic carbocycles. The highest BCUT2D eigenvalue weighted by Gasteiger charge is 2.46. The maximum absolute atomic E-state index is 11.6. The lowest BCUT2D eigenvalue weighted by Crippen LogP contribution is -2.49. The molecule has 1 saturated heterocycles. The summed E-state index contributed by atoms with van der Waals surface area (Å²) in [5.74, 6) is -0.710. The number of aliphatic carboxylic acids is 1. The molecule has 4 heteroatoms. The van der Waals surface area contributed by atoms with Crippen LogP contribution >= 0.6 is 15.9 Å². The molecule has 3 nitrogen and oxygen atoms in total. The van der Waals surface area contributed by atoms with Crippen molar-refractivity contribution in [3.8, 4) is 0 Å². The van der Waals surface area contributed by atoms with E-state index in [0.29, 0.717) is 0 Å². The molecule has 2 rings (SSSR count). The zero-order valence-corrected chi connectivity index (χ0v) is 13.0. The normalized spacial score (nSPS) is 25.4. The number of carbonyl (C=O) groups is 1. The van der Waals surface area contributed by atoms with Crippen molar-refractivity contribution >= 4 is 21.9 Å². The van der Waals surface area contributed by atoms with E-state index in [1.165, 1.54) is 5.56 Å². The second-order valence-electron chi connectivity index (χ2n) is 5.36. The Bertz CT molecular complexity index is 477. The molecule has 104 valence electrons. The Hall–Kier alpha value is -0.870. The van der Waals surface area contributed by atoms with E-state index in [1.807, 2.05) is 19.1 Å². The van der Waals surface area contributed by atoms with Crippen LogP contribution in [0.1, 0.15) is 44.7 Å². The van der Waals surface area contributed by atoms with E-state index in [-0.39, 0.29) is 6.04 Å². The average molecular weight is 326 g/mol. The van der Waals surface area contributed by atoms with Crippen molar-refractivity contribution in [3.05, 3.63) is 34.3 Å². The minimum absolute atomic E-state index is 0.168. The second-order valence-corrected chi connectivity index (χ2v) is 6.27. The van der Waals surface area contributed by atoms with Crippen molar-refractivity contribution in [2.75, 3.05) is 6.54 Å². The maximum atomic E-state index is 11.6. The van der Waals surface area contributed by atoms with Gasteiger partial charge in [-0.25, -0.2) is 0 Å². The van der Waals surface area contributed by atoms with Gasteiger partial charge in [-0.3, -0.25) is 9.69 Å². The molecular formula is C15H20BrNO2. The van der Waals surface area contributed by atoms with Gasteiger partial charge < -0.3 is 5.11 Å². The Labute approximate surface area is 122 Å². The summed E-state index contributed by atoms with van der Waals surface area (Å²) >= 11 is 3.49. The van der Waals surface area contributed by atoms with Crippen LogP contribution in [0.5, 0.6) is 0 Å². The van der Waals surface area contributed by atoms with Gasteiger partial charge in [-0.1, -0.05) is 35.0 Å². The summed E-state index contributed by atoms with van der Waals surface area (Å²) in [6, 6.07) is 8.35. The predicted molar refractivity (Wildman–Crippen MR) is 79.2 cm³/mol. The van der Waals surface area contributed by atoms with Gasteiger partial charge in [-0.2, -0.15) is 0 Å². The van der Waals surface area contributed by atoms with Crippen LogP contribution in [-0.4, -0.2) is 28.1 Å². The lowest BCUT2D eigenvalue weighted by atomic mass is 9.94. The standard InChI is InChI=1S/C15H20BrNO2/c1-3-13(11-6-4-7-12(16)10-11)17-9-5-8-15(17,2)14(18)19/h4,6-7,10,13H,3,5,8-9H2,1-2H3,(H,18,19). The molecular weight excluding hydrogens is 306 g/mol. The summed E-state index contributed by atoms with van der Waals surface area (Å²) in [5, 5.41) is 9.54. The first kappa shape index (κ1) is 14.5. The van der Waals surface area contributed by atoms with E-state index in [0.717, 1.165) is 30.3 Å². The highest BCUT2D eigenvalue weighted by Crippen LogP contribution is 2.39. The molecule has 1 aliphatic heterocycles. The van der Waals surface area contributed by atoms with E-state index < -0.39 is 11.5 Å². The lowest BCUT2D eigenvalue weighted by Gasteiger charge is -2.37. The number of likely N-dealkylation sites (tertiary alicyclic amines) is 1. The van der Waals surface area contributed by atoms with Crippen molar-refractivity contribution in [2.45, 2.75) is 44.7 Å². The number of carboxylic acid groups (broad SMARTS) is 1. The van der Waals surface area contributed by atoms with Crippen molar-refractivity contribution in [2.24, 2.45) is 0 Å². The zero-order valence-electron chi connectivity index (χ0n) is 11.4. The Morgan fingerprint density at radius 2 is 2.32 bits per heavy atom. The van der Waals surface area contributed by atoms with Crippen LogP contribution in [0, 0.1) is 0 Å². The summed E-state index contributed by atoms with van der Waals surface area (Å²) in [5.41, 5.74) is 0.453. The topological polar surface area (TPSA) is 40.5 Å².